The number of hydrogen-bond acceptors (Lipinski definition) is 3. The number of nitrogens with one attached hydrogen (secondary N) is 1. The van der Waals surface area contributed by atoms with Crippen molar-refractivity contribution in [2.24, 2.45) is 0 Å². The minimum Gasteiger partial charge on any atom is -0.317 e. The van der Waals surface area contributed by atoms with Gasteiger partial charge >= 0.3 is 0 Å². The highest BCUT2D eigenvalue weighted by molar-refractivity contribution is 7.98. The lowest BCUT2D eigenvalue weighted by atomic mass is 10.3. The van der Waals surface area contributed by atoms with E-state index in [4.69, 9.17) is 0 Å². The summed E-state index contributed by atoms with van der Waals surface area (Å²) in [6.45, 7) is 7.41. The molecule has 0 radical (unpaired) electrons. The topological polar surface area (TPSA) is 29.9 Å². The number of thioether (sulfide) groups is 1. The van der Waals surface area contributed by atoms with Crippen molar-refractivity contribution in [1.82, 2.24) is 15.1 Å². The summed E-state index contributed by atoms with van der Waals surface area (Å²) in [6, 6.07) is 2.13. The first-order chi connectivity index (χ1) is 7.74. The molecule has 0 aliphatic heterocycles. The molecule has 1 heterocycles. The highest BCUT2D eigenvalue weighted by Gasteiger charge is 1.99. The first kappa shape index (κ1) is 13.6. The molecule has 1 aromatic heterocycles. The molecule has 3 nitrogen and oxygen atoms in total. The number of aromatic nitrogens is 2. The van der Waals surface area contributed by atoms with Crippen molar-refractivity contribution in [3.63, 3.8) is 0 Å². The standard InChI is InChI=1S/C12H23N3S/c1-11-10-12(2)15(14-11)8-4-6-13-7-5-9-16-3/h10,13H,4-9H2,1-3H3. The lowest BCUT2D eigenvalue weighted by Crippen LogP contribution is -2.19. The van der Waals surface area contributed by atoms with Crippen LogP contribution >= 0.6 is 11.8 Å². The van der Waals surface area contributed by atoms with Gasteiger partial charge < -0.3 is 5.32 Å². The van der Waals surface area contributed by atoms with E-state index in [9.17, 15) is 0 Å². The molecule has 4 heteroatoms. The van der Waals surface area contributed by atoms with Crippen molar-refractivity contribution in [2.75, 3.05) is 25.1 Å². The molecule has 16 heavy (non-hydrogen) atoms. The third-order valence-electron chi connectivity index (χ3n) is 2.53. The third-order valence-corrected chi connectivity index (χ3v) is 3.23. The van der Waals surface area contributed by atoms with Crippen LogP contribution < -0.4 is 5.32 Å². The summed E-state index contributed by atoms with van der Waals surface area (Å²) < 4.78 is 2.10. The second-order valence-corrected chi connectivity index (χ2v) is 5.09. The van der Waals surface area contributed by atoms with Crippen molar-refractivity contribution in [3.05, 3.63) is 17.5 Å². The van der Waals surface area contributed by atoms with E-state index in [2.05, 4.69) is 34.3 Å². The van der Waals surface area contributed by atoms with E-state index in [1.807, 2.05) is 18.7 Å². The Hall–Kier alpha value is -0.480. The van der Waals surface area contributed by atoms with E-state index in [-0.39, 0.29) is 0 Å². The second-order valence-electron chi connectivity index (χ2n) is 4.10. The molecule has 92 valence electrons. The maximum absolute atomic E-state index is 4.44. The molecule has 0 aliphatic carbocycles. The quantitative estimate of drug-likeness (QED) is 0.708. The molecule has 0 fully saturated rings. The van der Waals surface area contributed by atoms with Gasteiger partial charge in [0.15, 0.2) is 0 Å². The van der Waals surface area contributed by atoms with Crippen LogP contribution in [0.5, 0.6) is 0 Å². The molecule has 0 atom stereocenters. The van der Waals surface area contributed by atoms with Crippen molar-refractivity contribution < 1.29 is 0 Å². The summed E-state index contributed by atoms with van der Waals surface area (Å²) in [5, 5.41) is 7.91. The molecule has 1 N–H and O–H groups in total. The Morgan fingerprint density at radius 2 is 2.06 bits per heavy atom. The van der Waals surface area contributed by atoms with Crippen LogP contribution in [0.4, 0.5) is 0 Å². The molecule has 0 amide bonds. The van der Waals surface area contributed by atoms with Crippen molar-refractivity contribution >= 4 is 11.8 Å². The smallest absolute Gasteiger partial charge is 0.0596 e. The van der Waals surface area contributed by atoms with Gasteiger partial charge in [-0.3, -0.25) is 4.68 Å². The molecule has 0 aromatic carbocycles. The van der Waals surface area contributed by atoms with E-state index in [1.165, 1.54) is 17.9 Å². The molecule has 1 aromatic rings. The second kappa shape index (κ2) is 7.74. The van der Waals surface area contributed by atoms with Crippen LogP contribution in [-0.4, -0.2) is 34.9 Å². The zero-order chi connectivity index (χ0) is 11.8. The summed E-state index contributed by atoms with van der Waals surface area (Å²) in [5.41, 5.74) is 2.38. The Kier molecular flexibility index (Phi) is 6.57. The fourth-order valence-electron chi connectivity index (χ4n) is 1.72. The summed E-state index contributed by atoms with van der Waals surface area (Å²) in [6.07, 6.45) is 4.57. The minimum atomic E-state index is 1.02. The van der Waals surface area contributed by atoms with Crippen LogP contribution in [0.25, 0.3) is 0 Å². The molecule has 0 aliphatic rings. The number of aryl methyl sites for hydroxylation is 3. The molecule has 1 rings (SSSR count). The van der Waals surface area contributed by atoms with Crippen molar-refractivity contribution in [1.29, 1.82) is 0 Å². The van der Waals surface area contributed by atoms with Gasteiger partial charge in [-0.1, -0.05) is 0 Å². The molecule has 0 unspecified atom stereocenters. The Morgan fingerprint density at radius 1 is 1.31 bits per heavy atom. The molecule has 0 saturated carbocycles. The lowest BCUT2D eigenvalue weighted by molar-refractivity contribution is 0.532. The van der Waals surface area contributed by atoms with E-state index in [0.29, 0.717) is 0 Å². The number of rotatable bonds is 8. The predicted molar refractivity (Wildman–Crippen MR) is 72.2 cm³/mol. The van der Waals surface area contributed by atoms with Crippen LogP contribution in [-0.2, 0) is 6.54 Å². The maximum Gasteiger partial charge on any atom is 0.0596 e. The van der Waals surface area contributed by atoms with Crippen LogP contribution in [0.1, 0.15) is 24.2 Å². The van der Waals surface area contributed by atoms with Gasteiger partial charge in [-0.2, -0.15) is 16.9 Å². The van der Waals surface area contributed by atoms with Gasteiger partial charge in [0.2, 0.25) is 0 Å². The van der Waals surface area contributed by atoms with Crippen molar-refractivity contribution in [2.45, 2.75) is 33.2 Å². The summed E-state index contributed by atoms with van der Waals surface area (Å²) in [7, 11) is 0. The van der Waals surface area contributed by atoms with E-state index in [0.717, 1.165) is 31.7 Å². The van der Waals surface area contributed by atoms with Gasteiger partial charge in [0, 0.05) is 12.2 Å². The maximum atomic E-state index is 4.44. The molecule has 0 spiro atoms. The lowest BCUT2D eigenvalue weighted by Gasteiger charge is -2.05. The fourth-order valence-corrected chi connectivity index (χ4v) is 2.15. The van der Waals surface area contributed by atoms with Crippen LogP contribution in [0.2, 0.25) is 0 Å². The highest BCUT2D eigenvalue weighted by Crippen LogP contribution is 2.02. The summed E-state index contributed by atoms with van der Waals surface area (Å²) in [4.78, 5) is 0. The normalized spacial score (nSPS) is 10.9. The zero-order valence-corrected chi connectivity index (χ0v) is 11.4. The van der Waals surface area contributed by atoms with Gasteiger partial charge in [0.1, 0.15) is 0 Å². The number of hydrogen-bond donors (Lipinski definition) is 1. The number of nitrogens with zero attached hydrogens (tertiary/aromatic N) is 2. The zero-order valence-electron chi connectivity index (χ0n) is 10.6. The molecular weight excluding hydrogens is 218 g/mol. The van der Waals surface area contributed by atoms with E-state index in [1.54, 1.807) is 0 Å². The fraction of sp³-hybridized carbons (Fsp3) is 0.750. The third kappa shape index (κ3) is 5.03. The predicted octanol–water partition coefficient (Wildman–Crippen LogP) is 2.23. The van der Waals surface area contributed by atoms with Gasteiger partial charge in [-0.05, 0) is 57.9 Å². The van der Waals surface area contributed by atoms with Crippen molar-refractivity contribution in [3.8, 4) is 0 Å². The largest absolute Gasteiger partial charge is 0.317 e. The Morgan fingerprint density at radius 3 is 2.69 bits per heavy atom. The average molecular weight is 241 g/mol. The van der Waals surface area contributed by atoms with Crippen LogP contribution in [0, 0.1) is 13.8 Å². The molecule has 0 bridgehead atoms. The van der Waals surface area contributed by atoms with Gasteiger partial charge in [-0.25, -0.2) is 0 Å². The summed E-state index contributed by atoms with van der Waals surface area (Å²) >= 11 is 1.91. The summed E-state index contributed by atoms with van der Waals surface area (Å²) in [5.74, 6) is 1.25. The van der Waals surface area contributed by atoms with Gasteiger partial charge in [0.05, 0.1) is 5.69 Å². The SMILES string of the molecule is CSCCCNCCCn1nc(C)cc1C. The monoisotopic (exact) mass is 241 g/mol. The average Bonchev–Trinajstić information content (AvgIpc) is 2.56. The highest BCUT2D eigenvalue weighted by atomic mass is 32.2. The Bertz CT molecular complexity index is 296. The first-order valence-electron chi connectivity index (χ1n) is 5.94. The molecular formula is C12H23N3S. The van der Waals surface area contributed by atoms with E-state index >= 15 is 0 Å². The first-order valence-corrected chi connectivity index (χ1v) is 7.34. The van der Waals surface area contributed by atoms with E-state index < -0.39 is 0 Å². The Balaban J connectivity index is 2.05. The molecule has 0 saturated heterocycles. The van der Waals surface area contributed by atoms with Crippen LogP contribution in [0.3, 0.4) is 0 Å². The van der Waals surface area contributed by atoms with Crippen LogP contribution in [0.15, 0.2) is 6.07 Å². The van der Waals surface area contributed by atoms with Gasteiger partial charge in [-0.15, -0.1) is 0 Å². The minimum absolute atomic E-state index is 1.02. The Labute approximate surface area is 103 Å². The van der Waals surface area contributed by atoms with Gasteiger partial charge in [0.25, 0.3) is 0 Å².